The van der Waals surface area contributed by atoms with E-state index in [4.69, 9.17) is 9.57 Å². The topological polar surface area (TPSA) is 84.9 Å². The molecule has 2 heterocycles. The van der Waals surface area contributed by atoms with Crippen LogP contribution in [0.5, 0.6) is 0 Å². The minimum atomic E-state index is -0.659. The molecule has 1 N–H and O–H groups in total. The van der Waals surface area contributed by atoms with Crippen LogP contribution in [-0.2, 0) is 9.57 Å². The zero-order valence-electron chi connectivity index (χ0n) is 16.2. The minimum Gasteiger partial charge on any atom is -0.444 e. The van der Waals surface area contributed by atoms with E-state index in [1.807, 2.05) is 0 Å². The normalized spacial score (nSPS) is 12.2. The van der Waals surface area contributed by atoms with Gasteiger partial charge in [0, 0.05) is 26.3 Å². The van der Waals surface area contributed by atoms with Crippen molar-refractivity contribution in [3.8, 4) is 0 Å². The van der Waals surface area contributed by atoms with Crippen LogP contribution in [0, 0.1) is 0 Å². The Morgan fingerprint density at radius 2 is 1.66 bits per heavy atom. The summed E-state index contributed by atoms with van der Waals surface area (Å²) in [5.74, 6) is -1.14. The van der Waals surface area contributed by atoms with Crippen molar-refractivity contribution < 1.29 is 24.0 Å². The second-order valence-electron chi connectivity index (χ2n) is 7.00. The summed E-state index contributed by atoms with van der Waals surface area (Å²) >= 11 is 9.01. The van der Waals surface area contributed by atoms with E-state index in [9.17, 15) is 14.4 Å². The number of nitrogens with zero attached hydrogens (tertiary/aromatic N) is 1. The molecule has 0 spiro atoms. The summed E-state index contributed by atoms with van der Waals surface area (Å²) in [4.78, 5) is 43.5. The van der Waals surface area contributed by atoms with E-state index < -0.39 is 29.6 Å². The van der Waals surface area contributed by atoms with E-state index in [1.165, 1.54) is 22.7 Å². The molecule has 7 nitrogen and oxygen atoms in total. The van der Waals surface area contributed by atoms with Gasteiger partial charge in [-0.3, -0.25) is 4.79 Å². The standard InChI is InChI=1S/C18H20Br2N2O5S2/c1-10(7-21-17(25)26-18(2,3)4)22(15(23)13-5-11(19)8-28-13)27-16(24)14-6-12(20)9-29-14/h5-6,8-10H,7H2,1-4H3,(H,21,25). The minimum absolute atomic E-state index is 0.0363. The molecule has 0 bridgehead atoms. The van der Waals surface area contributed by atoms with Gasteiger partial charge in [-0.05, 0) is 71.7 Å². The van der Waals surface area contributed by atoms with E-state index in [1.54, 1.807) is 50.6 Å². The second kappa shape index (κ2) is 10.1. The van der Waals surface area contributed by atoms with Crippen molar-refractivity contribution in [1.82, 2.24) is 10.4 Å². The Morgan fingerprint density at radius 3 is 2.14 bits per heavy atom. The van der Waals surface area contributed by atoms with Crippen LogP contribution < -0.4 is 5.32 Å². The molecule has 0 aliphatic rings. The molecule has 2 aromatic heterocycles. The molecule has 158 valence electrons. The number of hydrogen-bond donors (Lipinski definition) is 1. The van der Waals surface area contributed by atoms with Crippen molar-refractivity contribution in [2.24, 2.45) is 0 Å². The Kier molecular flexibility index (Phi) is 8.27. The Balaban J connectivity index is 2.13. The molecule has 2 amide bonds. The highest BCUT2D eigenvalue weighted by atomic mass is 79.9. The molecule has 29 heavy (non-hydrogen) atoms. The number of ether oxygens (including phenoxy) is 1. The number of amides is 2. The summed E-state index contributed by atoms with van der Waals surface area (Å²) in [5, 5.41) is 7.07. The maximum absolute atomic E-state index is 12.9. The SMILES string of the molecule is CC(CNC(=O)OC(C)(C)C)N(OC(=O)c1cc(Br)cs1)C(=O)c1cc(Br)cs1. The number of halogens is 2. The van der Waals surface area contributed by atoms with Crippen LogP contribution in [0.3, 0.4) is 0 Å². The molecular weight excluding hydrogens is 548 g/mol. The Morgan fingerprint density at radius 1 is 1.10 bits per heavy atom. The summed E-state index contributed by atoms with van der Waals surface area (Å²) < 4.78 is 6.69. The fourth-order valence-electron chi connectivity index (χ4n) is 2.05. The number of alkyl carbamates (subject to hydrolysis) is 1. The number of rotatable bonds is 5. The van der Waals surface area contributed by atoms with Crippen LogP contribution in [0.1, 0.15) is 47.0 Å². The van der Waals surface area contributed by atoms with Crippen molar-refractivity contribution in [2.45, 2.75) is 39.3 Å². The highest BCUT2D eigenvalue weighted by Gasteiger charge is 2.29. The van der Waals surface area contributed by atoms with Crippen LogP contribution in [0.2, 0.25) is 0 Å². The van der Waals surface area contributed by atoms with Gasteiger partial charge in [0.05, 0.1) is 10.9 Å². The van der Waals surface area contributed by atoms with Gasteiger partial charge >= 0.3 is 12.1 Å². The van der Waals surface area contributed by atoms with Gasteiger partial charge in [-0.25, -0.2) is 9.59 Å². The molecule has 1 unspecified atom stereocenters. The molecule has 11 heteroatoms. The molecule has 0 fully saturated rings. The third kappa shape index (κ3) is 7.40. The van der Waals surface area contributed by atoms with E-state index >= 15 is 0 Å². The van der Waals surface area contributed by atoms with Gasteiger partial charge in [-0.1, -0.05) is 0 Å². The van der Waals surface area contributed by atoms with Crippen LogP contribution in [-0.4, -0.2) is 41.2 Å². The second-order valence-corrected chi connectivity index (χ2v) is 10.7. The average Bonchev–Trinajstić information content (AvgIpc) is 3.23. The maximum atomic E-state index is 12.9. The predicted molar refractivity (Wildman–Crippen MR) is 119 cm³/mol. The van der Waals surface area contributed by atoms with Crippen LogP contribution in [0.25, 0.3) is 0 Å². The van der Waals surface area contributed by atoms with E-state index in [0.29, 0.717) is 9.75 Å². The van der Waals surface area contributed by atoms with Gasteiger partial charge in [-0.15, -0.1) is 22.7 Å². The molecule has 2 rings (SSSR count). The quantitative estimate of drug-likeness (QED) is 0.485. The zero-order valence-corrected chi connectivity index (χ0v) is 21.0. The van der Waals surface area contributed by atoms with Gasteiger partial charge in [0.25, 0.3) is 5.91 Å². The third-order valence-corrected chi connectivity index (χ3v) is 6.62. The molecular formula is C18H20Br2N2O5S2. The Hall–Kier alpha value is -1.43. The first-order valence-electron chi connectivity index (χ1n) is 8.47. The highest BCUT2D eigenvalue weighted by Crippen LogP contribution is 2.24. The van der Waals surface area contributed by atoms with Gasteiger partial charge in [0.15, 0.2) is 0 Å². The molecule has 0 radical (unpaired) electrons. The molecule has 0 saturated carbocycles. The Bertz CT molecular complexity index is 891. The average molecular weight is 568 g/mol. The van der Waals surface area contributed by atoms with Crippen molar-refractivity contribution in [1.29, 1.82) is 0 Å². The van der Waals surface area contributed by atoms with Gasteiger partial charge < -0.3 is 14.9 Å². The van der Waals surface area contributed by atoms with E-state index in [2.05, 4.69) is 37.2 Å². The summed E-state index contributed by atoms with van der Waals surface area (Å²) in [7, 11) is 0. The van der Waals surface area contributed by atoms with Crippen molar-refractivity contribution in [3.05, 3.63) is 41.6 Å². The summed E-state index contributed by atoms with van der Waals surface area (Å²) in [6.45, 7) is 6.95. The lowest BCUT2D eigenvalue weighted by atomic mass is 10.2. The number of nitrogens with one attached hydrogen (secondary N) is 1. The molecule has 2 aromatic rings. The molecule has 0 aliphatic heterocycles. The summed E-state index contributed by atoms with van der Waals surface area (Å²) in [6, 6.07) is 2.62. The lowest BCUT2D eigenvalue weighted by Crippen LogP contribution is -2.46. The van der Waals surface area contributed by atoms with E-state index in [0.717, 1.165) is 14.0 Å². The predicted octanol–water partition coefficient (Wildman–Crippen LogP) is 5.46. The number of carbonyl (C=O) groups excluding carboxylic acids is 3. The molecule has 0 saturated heterocycles. The monoisotopic (exact) mass is 566 g/mol. The highest BCUT2D eigenvalue weighted by molar-refractivity contribution is 9.10. The van der Waals surface area contributed by atoms with Crippen molar-refractivity contribution in [3.63, 3.8) is 0 Å². The van der Waals surface area contributed by atoms with E-state index in [-0.39, 0.29) is 6.54 Å². The first-order valence-corrected chi connectivity index (χ1v) is 11.8. The zero-order chi connectivity index (χ0) is 21.8. The maximum Gasteiger partial charge on any atom is 0.407 e. The molecule has 0 aromatic carbocycles. The van der Waals surface area contributed by atoms with Gasteiger partial charge in [-0.2, -0.15) is 5.06 Å². The number of thiophene rings is 2. The smallest absolute Gasteiger partial charge is 0.407 e. The van der Waals surface area contributed by atoms with Crippen molar-refractivity contribution >= 4 is 72.5 Å². The number of carbonyl (C=O) groups is 3. The lowest BCUT2D eigenvalue weighted by Gasteiger charge is -2.27. The van der Waals surface area contributed by atoms with Crippen molar-refractivity contribution in [2.75, 3.05) is 6.54 Å². The first-order chi connectivity index (χ1) is 13.5. The largest absolute Gasteiger partial charge is 0.444 e. The summed E-state index contributed by atoms with van der Waals surface area (Å²) in [5.41, 5.74) is -0.648. The Labute approximate surface area is 193 Å². The fraction of sp³-hybridized carbons (Fsp3) is 0.389. The molecule has 0 aliphatic carbocycles. The lowest BCUT2D eigenvalue weighted by molar-refractivity contribution is -0.101. The number of hydrogen-bond acceptors (Lipinski definition) is 7. The third-order valence-electron chi connectivity index (χ3n) is 3.27. The van der Waals surface area contributed by atoms with Gasteiger partial charge in [0.2, 0.25) is 0 Å². The van der Waals surface area contributed by atoms with Crippen LogP contribution in [0.15, 0.2) is 31.8 Å². The first kappa shape index (κ1) is 23.8. The fourth-order valence-corrected chi connectivity index (χ4v) is 4.70. The summed E-state index contributed by atoms with van der Waals surface area (Å²) in [6.07, 6.45) is -0.621. The van der Waals surface area contributed by atoms with Gasteiger partial charge in [0.1, 0.15) is 10.5 Å². The van der Waals surface area contributed by atoms with Crippen LogP contribution in [0.4, 0.5) is 4.79 Å². The number of hydroxylamine groups is 2. The van der Waals surface area contributed by atoms with Crippen LogP contribution >= 0.6 is 54.5 Å². The molecule has 1 atom stereocenters.